The van der Waals surface area contributed by atoms with Crippen LogP contribution in [0.3, 0.4) is 0 Å². The number of amides is 1. The number of aryl methyl sites for hydroxylation is 2. The summed E-state index contributed by atoms with van der Waals surface area (Å²) in [6, 6.07) is 6.57. The minimum Gasteiger partial charge on any atom is -0.334 e. The van der Waals surface area contributed by atoms with Crippen molar-refractivity contribution < 1.29 is 9.18 Å². The van der Waals surface area contributed by atoms with E-state index in [-0.39, 0.29) is 17.8 Å². The molecule has 1 atom stereocenters. The van der Waals surface area contributed by atoms with Gasteiger partial charge in [0, 0.05) is 49.9 Å². The van der Waals surface area contributed by atoms with Gasteiger partial charge in [-0.3, -0.25) is 14.8 Å². The number of nitrogens with one attached hydrogen (secondary N) is 1. The molecule has 27 heavy (non-hydrogen) atoms. The van der Waals surface area contributed by atoms with Crippen LogP contribution >= 0.6 is 0 Å². The van der Waals surface area contributed by atoms with Crippen molar-refractivity contribution in [1.29, 1.82) is 0 Å². The molecule has 6 heteroatoms. The molecule has 146 valence electrons. The quantitative estimate of drug-likeness (QED) is 0.875. The zero-order valence-corrected chi connectivity index (χ0v) is 16.6. The van der Waals surface area contributed by atoms with Crippen LogP contribution < -0.4 is 0 Å². The van der Waals surface area contributed by atoms with Gasteiger partial charge in [0.05, 0.1) is 5.69 Å². The van der Waals surface area contributed by atoms with Crippen LogP contribution in [0.4, 0.5) is 4.39 Å². The van der Waals surface area contributed by atoms with Gasteiger partial charge in [-0.2, -0.15) is 5.10 Å². The number of hydrogen-bond donors (Lipinski definition) is 1. The van der Waals surface area contributed by atoms with Crippen LogP contribution in [0.15, 0.2) is 24.3 Å². The van der Waals surface area contributed by atoms with Crippen molar-refractivity contribution in [2.24, 2.45) is 5.92 Å². The summed E-state index contributed by atoms with van der Waals surface area (Å²) in [7, 11) is 0. The van der Waals surface area contributed by atoms with Crippen molar-refractivity contribution in [3.8, 4) is 0 Å². The van der Waals surface area contributed by atoms with Gasteiger partial charge in [-0.1, -0.05) is 26.0 Å². The molecule has 1 aromatic heterocycles. The van der Waals surface area contributed by atoms with Gasteiger partial charge in [0.1, 0.15) is 5.82 Å². The third-order valence-corrected chi connectivity index (χ3v) is 5.51. The lowest BCUT2D eigenvalue weighted by atomic mass is 10.0. The van der Waals surface area contributed by atoms with E-state index < -0.39 is 0 Å². The van der Waals surface area contributed by atoms with Gasteiger partial charge in [0.2, 0.25) is 5.91 Å². The number of aromatic amines is 1. The molecule has 0 spiro atoms. The number of H-pyrrole nitrogens is 1. The first-order valence-electron chi connectivity index (χ1n) is 9.62. The summed E-state index contributed by atoms with van der Waals surface area (Å²) in [6.45, 7) is 11.3. The number of benzene rings is 1. The Balaban J connectivity index is 1.79. The number of aromatic nitrogens is 2. The van der Waals surface area contributed by atoms with Gasteiger partial charge < -0.3 is 4.90 Å². The van der Waals surface area contributed by atoms with Crippen molar-refractivity contribution in [2.75, 3.05) is 13.1 Å². The van der Waals surface area contributed by atoms with Crippen LogP contribution in [0.5, 0.6) is 0 Å². The summed E-state index contributed by atoms with van der Waals surface area (Å²) in [6.07, 6.45) is 0.500. The number of halogens is 1. The molecule has 1 aliphatic heterocycles. The molecule has 1 fully saturated rings. The highest BCUT2D eigenvalue weighted by atomic mass is 19.1. The molecule has 2 aromatic rings. The minimum absolute atomic E-state index is 0.123. The van der Waals surface area contributed by atoms with E-state index in [2.05, 4.69) is 28.9 Å². The summed E-state index contributed by atoms with van der Waals surface area (Å²) >= 11 is 0. The molecule has 1 N–H and O–H groups in total. The predicted molar refractivity (Wildman–Crippen MR) is 104 cm³/mol. The second kappa shape index (κ2) is 8.21. The van der Waals surface area contributed by atoms with Crippen LogP contribution in [0.2, 0.25) is 0 Å². The molecule has 0 radical (unpaired) electrons. The number of rotatable bonds is 5. The number of hydrogen-bond acceptors (Lipinski definition) is 3. The Bertz CT molecular complexity index is 764. The molecule has 0 unspecified atom stereocenters. The third kappa shape index (κ3) is 4.56. The first-order valence-corrected chi connectivity index (χ1v) is 9.62. The Kier molecular flexibility index (Phi) is 5.95. The van der Waals surface area contributed by atoms with Crippen molar-refractivity contribution in [2.45, 2.75) is 53.2 Å². The zero-order valence-electron chi connectivity index (χ0n) is 16.6. The maximum absolute atomic E-state index is 13.2. The van der Waals surface area contributed by atoms with Crippen LogP contribution in [0, 0.1) is 25.6 Å². The first-order chi connectivity index (χ1) is 12.8. The van der Waals surface area contributed by atoms with Crippen molar-refractivity contribution >= 4 is 5.91 Å². The molecule has 1 saturated heterocycles. The monoisotopic (exact) mass is 372 g/mol. The van der Waals surface area contributed by atoms with Gasteiger partial charge >= 0.3 is 0 Å². The first kappa shape index (κ1) is 19.5. The van der Waals surface area contributed by atoms with Gasteiger partial charge in [0.25, 0.3) is 0 Å². The molecule has 0 aliphatic carbocycles. The minimum atomic E-state index is -0.252. The molecule has 3 rings (SSSR count). The lowest BCUT2D eigenvalue weighted by Gasteiger charge is -2.35. The van der Waals surface area contributed by atoms with Crippen molar-refractivity contribution in [3.63, 3.8) is 0 Å². The van der Waals surface area contributed by atoms with Crippen molar-refractivity contribution in [1.82, 2.24) is 20.0 Å². The lowest BCUT2D eigenvalue weighted by molar-refractivity contribution is -0.134. The van der Waals surface area contributed by atoms with E-state index in [1.165, 1.54) is 17.7 Å². The van der Waals surface area contributed by atoms with E-state index in [1.54, 1.807) is 12.1 Å². The lowest BCUT2D eigenvalue weighted by Crippen LogP contribution is -2.45. The maximum atomic E-state index is 13.2. The zero-order chi connectivity index (χ0) is 19.6. The summed E-state index contributed by atoms with van der Waals surface area (Å²) < 4.78 is 13.2. The van der Waals surface area contributed by atoms with E-state index in [4.69, 9.17) is 0 Å². The fourth-order valence-corrected chi connectivity index (χ4v) is 3.77. The average molecular weight is 372 g/mol. The summed E-state index contributed by atoms with van der Waals surface area (Å²) in [5.41, 5.74) is 4.29. The molecule has 1 aliphatic rings. The standard InChI is InChI=1S/C21H29FN4O/c1-14(2)20-13-25(12-19-15(3)23-24-16(19)4)10-9-21(27)26(20)11-17-5-7-18(22)8-6-17/h5-8,14,20H,9-13H2,1-4H3,(H,23,24)/t20-/m1/s1. The van der Waals surface area contributed by atoms with Gasteiger partial charge in [0.15, 0.2) is 0 Å². The highest BCUT2D eigenvalue weighted by Crippen LogP contribution is 2.23. The topological polar surface area (TPSA) is 52.2 Å². The maximum Gasteiger partial charge on any atom is 0.224 e. The third-order valence-electron chi connectivity index (χ3n) is 5.51. The predicted octanol–water partition coefficient (Wildman–Crippen LogP) is 3.42. The van der Waals surface area contributed by atoms with E-state index in [0.29, 0.717) is 18.9 Å². The summed E-state index contributed by atoms with van der Waals surface area (Å²) in [4.78, 5) is 17.2. The molecule has 1 aromatic carbocycles. The molecule has 2 heterocycles. The molecule has 1 amide bonds. The normalized spacial score (nSPS) is 19.0. The van der Waals surface area contributed by atoms with E-state index in [0.717, 1.165) is 36.6 Å². The Labute approximate surface area is 160 Å². The van der Waals surface area contributed by atoms with Gasteiger partial charge in [-0.15, -0.1) is 0 Å². The second-order valence-electron chi connectivity index (χ2n) is 7.86. The fourth-order valence-electron chi connectivity index (χ4n) is 3.77. The molecule has 5 nitrogen and oxygen atoms in total. The Hall–Kier alpha value is -2.21. The Morgan fingerprint density at radius 1 is 1.22 bits per heavy atom. The number of carbonyl (C=O) groups is 1. The smallest absolute Gasteiger partial charge is 0.224 e. The highest BCUT2D eigenvalue weighted by Gasteiger charge is 2.32. The molecular formula is C21H29FN4O. The number of nitrogens with zero attached hydrogens (tertiary/aromatic N) is 3. The Morgan fingerprint density at radius 3 is 2.52 bits per heavy atom. The summed E-state index contributed by atoms with van der Waals surface area (Å²) in [5, 5.41) is 7.34. The highest BCUT2D eigenvalue weighted by molar-refractivity contribution is 5.77. The van der Waals surface area contributed by atoms with Gasteiger partial charge in [-0.05, 0) is 37.5 Å². The van der Waals surface area contributed by atoms with E-state index in [9.17, 15) is 9.18 Å². The average Bonchev–Trinajstić information content (AvgIpc) is 2.85. The van der Waals surface area contributed by atoms with Crippen LogP contribution in [0.25, 0.3) is 0 Å². The molecule has 0 bridgehead atoms. The molecular weight excluding hydrogens is 343 g/mol. The summed E-state index contributed by atoms with van der Waals surface area (Å²) in [5.74, 6) is 0.251. The van der Waals surface area contributed by atoms with Crippen LogP contribution in [-0.4, -0.2) is 45.0 Å². The van der Waals surface area contributed by atoms with Gasteiger partial charge in [-0.25, -0.2) is 4.39 Å². The second-order valence-corrected chi connectivity index (χ2v) is 7.86. The van der Waals surface area contributed by atoms with E-state index >= 15 is 0 Å². The fraction of sp³-hybridized carbons (Fsp3) is 0.524. The van der Waals surface area contributed by atoms with Crippen LogP contribution in [0.1, 0.15) is 42.8 Å². The SMILES string of the molecule is Cc1n[nH]c(C)c1CN1CCC(=O)N(Cc2ccc(F)cc2)[C@@H](C(C)C)C1. The Morgan fingerprint density at radius 2 is 1.93 bits per heavy atom. The molecule has 0 saturated carbocycles. The number of carbonyl (C=O) groups excluding carboxylic acids is 1. The van der Waals surface area contributed by atoms with Crippen molar-refractivity contribution in [3.05, 3.63) is 52.6 Å². The van der Waals surface area contributed by atoms with E-state index in [1.807, 2.05) is 18.7 Å². The largest absolute Gasteiger partial charge is 0.334 e. The van der Waals surface area contributed by atoms with Crippen LogP contribution in [-0.2, 0) is 17.9 Å².